The molecule has 1 aromatic carbocycles. The second kappa shape index (κ2) is 11.1. The van der Waals surface area contributed by atoms with E-state index < -0.39 is 11.6 Å². The maximum absolute atomic E-state index is 14.9. The Morgan fingerprint density at radius 1 is 1.23 bits per heavy atom. The standard InChI is InChI=1S/C25H29F2N5O2S/c1-33-21-10-22(34-2)24(27)20(23(21)26)9-16-13-31-25-19(16)8-15(12-30-25)17(11-28)14-29-18-4-6-32(35-3)7-5-18/h8,10-14,18,28-29H,4-7,9H2,1-3H3,(H,30,31)/b17-14+,28-11?. The number of nitrogens with zero attached hydrogens (tertiary/aromatic N) is 2. The highest BCUT2D eigenvalue weighted by molar-refractivity contribution is 7.96. The lowest BCUT2D eigenvalue weighted by Gasteiger charge is -2.30. The summed E-state index contributed by atoms with van der Waals surface area (Å²) >= 11 is 1.76. The molecule has 3 N–H and O–H groups in total. The van der Waals surface area contributed by atoms with Crippen LogP contribution in [-0.2, 0) is 6.42 Å². The number of piperidine rings is 1. The van der Waals surface area contributed by atoms with E-state index in [4.69, 9.17) is 14.9 Å². The molecule has 1 aliphatic rings. The Labute approximate surface area is 207 Å². The summed E-state index contributed by atoms with van der Waals surface area (Å²) in [4.78, 5) is 7.53. The normalized spacial score (nSPS) is 15.4. The number of pyridine rings is 1. The minimum Gasteiger partial charge on any atom is -0.494 e. The maximum atomic E-state index is 14.9. The van der Waals surface area contributed by atoms with Crippen molar-refractivity contribution >= 4 is 34.8 Å². The van der Waals surface area contributed by atoms with Crippen molar-refractivity contribution in [2.45, 2.75) is 25.3 Å². The molecule has 0 aliphatic carbocycles. The van der Waals surface area contributed by atoms with Crippen LogP contribution in [0.1, 0.15) is 29.5 Å². The average Bonchev–Trinajstić information content (AvgIpc) is 3.29. The first kappa shape index (κ1) is 25.0. The Morgan fingerprint density at radius 3 is 2.51 bits per heavy atom. The summed E-state index contributed by atoms with van der Waals surface area (Å²) < 4.78 is 42.3. The van der Waals surface area contributed by atoms with Gasteiger partial charge in [0.05, 0.1) is 14.2 Å². The third-order valence-corrected chi connectivity index (χ3v) is 7.21. The van der Waals surface area contributed by atoms with Gasteiger partial charge >= 0.3 is 0 Å². The van der Waals surface area contributed by atoms with Gasteiger partial charge in [0.15, 0.2) is 23.1 Å². The number of hydrogen-bond donors (Lipinski definition) is 3. The molecule has 7 nitrogen and oxygen atoms in total. The summed E-state index contributed by atoms with van der Waals surface area (Å²) in [6.07, 6.45) is 10.6. The van der Waals surface area contributed by atoms with Crippen LogP contribution in [0.3, 0.4) is 0 Å². The van der Waals surface area contributed by atoms with Gasteiger partial charge in [0.2, 0.25) is 0 Å². The summed E-state index contributed by atoms with van der Waals surface area (Å²) in [5.41, 5.74) is 2.55. The van der Waals surface area contributed by atoms with Crippen LogP contribution < -0.4 is 14.8 Å². The molecule has 4 rings (SSSR count). The number of allylic oxidation sites excluding steroid dienone is 1. The molecular weight excluding hydrogens is 472 g/mol. The third kappa shape index (κ3) is 5.28. The van der Waals surface area contributed by atoms with Crippen LogP contribution in [0.4, 0.5) is 8.78 Å². The van der Waals surface area contributed by atoms with E-state index in [-0.39, 0.29) is 23.5 Å². The number of H-pyrrole nitrogens is 1. The van der Waals surface area contributed by atoms with E-state index in [1.165, 1.54) is 26.5 Å². The molecule has 0 spiro atoms. The van der Waals surface area contributed by atoms with Gasteiger partial charge in [0.1, 0.15) is 5.65 Å². The van der Waals surface area contributed by atoms with Gasteiger partial charge in [-0.05, 0) is 30.7 Å². The summed E-state index contributed by atoms with van der Waals surface area (Å²) in [6, 6.07) is 3.43. The van der Waals surface area contributed by atoms with Crippen molar-refractivity contribution in [3.8, 4) is 11.5 Å². The van der Waals surface area contributed by atoms with E-state index in [1.54, 1.807) is 24.3 Å². The molecule has 0 atom stereocenters. The zero-order valence-electron chi connectivity index (χ0n) is 20.0. The van der Waals surface area contributed by atoms with Crippen LogP contribution in [0, 0.1) is 17.0 Å². The van der Waals surface area contributed by atoms with E-state index in [2.05, 4.69) is 25.8 Å². The van der Waals surface area contributed by atoms with Gasteiger partial charge in [-0.2, -0.15) is 0 Å². The van der Waals surface area contributed by atoms with E-state index >= 15 is 0 Å². The Morgan fingerprint density at radius 2 is 1.91 bits per heavy atom. The molecule has 10 heteroatoms. The lowest BCUT2D eigenvalue weighted by Crippen LogP contribution is -2.37. The van der Waals surface area contributed by atoms with Crippen LogP contribution in [0.2, 0.25) is 0 Å². The van der Waals surface area contributed by atoms with Gasteiger partial charge in [0, 0.05) is 78.5 Å². The number of halogens is 2. The van der Waals surface area contributed by atoms with Crippen LogP contribution in [0.5, 0.6) is 11.5 Å². The highest BCUT2D eigenvalue weighted by atomic mass is 32.2. The van der Waals surface area contributed by atoms with E-state index in [1.807, 2.05) is 12.3 Å². The minimum absolute atomic E-state index is 0.0216. The fourth-order valence-corrected chi connectivity index (χ4v) is 4.84. The molecule has 1 saturated heterocycles. The van der Waals surface area contributed by atoms with E-state index in [0.717, 1.165) is 36.9 Å². The number of nitrogens with one attached hydrogen (secondary N) is 3. The summed E-state index contributed by atoms with van der Waals surface area (Å²) in [7, 11) is 2.65. The second-order valence-electron chi connectivity index (χ2n) is 8.30. The number of benzene rings is 1. The molecule has 1 aliphatic heterocycles. The molecule has 0 amide bonds. The van der Waals surface area contributed by atoms with Gasteiger partial charge in [-0.3, -0.25) is 4.31 Å². The monoisotopic (exact) mass is 501 g/mol. The van der Waals surface area contributed by atoms with Crippen molar-refractivity contribution in [2.24, 2.45) is 0 Å². The van der Waals surface area contributed by atoms with Crippen molar-refractivity contribution < 1.29 is 18.3 Å². The smallest absolute Gasteiger partial charge is 0.171 e. The van der Waals surface area contributed by atoms with Crippen LogP contribution in [0.15, 0.2) is 30.7 Å². The fourth-order valence-electron chi connectivity index (χ4n) is 4.27. The third-order valence-electron chi connectivity index (χ3n) is 6.32. The highest BCUT2D eigenvalue weighted by Gasteiger charge is 2.22. The molecule has 2 aromatic heterocycles. The fraction of sp³-hybridized carbons (Fsp3) is 0.360. The number of aromatic nitrogens is 2. The molecule has 0 saturated carbocycles. The number of methoxy groups -OCH3 is 2. The molecule has 0 unspecified atom stereocenters. The maximum Gasteiger partial charge on any atom is 0.171 e. The Bertz CT molecular complexity index is 1210. The van der Waals surface area contributed by atoms with Gasteiger partial charge in [0.25, 0.3) is 0 Å². The molecule has 186 valence electrons. The number of hydrogen-bond acceptors (Lipinski definition) is 7. The van der Waals surface area contributed by atoms with Crippen molar-refractivity contribution in [3.05, 3.63) is 59.1 Å². The van der Waals surface area contributed by atoms with E-state index in [0.29, 0.717) is 22.8 Å². The minimum atomic E-state index is -0.763. The summed E-state index contributed by atoms with van der Waals surface area (Å²) in [5, 5.41) is 12.1. The molecule has 0 bridgehead atoms. The van der Waals surface area contributed by atoms with Gasteiger partial charge in [-0.15, -0.1) is 0 Å². The van der Waals surface area contributed by atoms with Crippen LogP contribution >= 0.6 is 11.9 Å². The zero-order chi connectivity index (χ0) is 24.9. The van der Waals surface area contributed by atoms with Crippen molar-refractivity contribution in [1.82, 2.24) is 19.6 Å². The Hall–Kier alpha value is -3.11. The lowest BCUT2D eigenvalue weighted by atomic mass is 10.0. The molecule has 35 heavy (non-hydrogen) atoms. The average molecular weight is 502 g/mol. The first-order valence-electron chi connectivity index (χ1n) is 11.3. The summed E-state index contributed by atoms with van der Waals surface area (Å²) in [6.45, 7) is 2.05. The lowest BCUT2D eigenvalue weighted by molar-refractivity contribution is 0.326. The van der Waals surface area contributed by atoms with Crippen molar-refractivity contribution in [3.63, 3.8) is 0 Å². The number of rotatable bonds is 9. The first-order valence-corrected chi connectivity index (χ1v) is 12.5. The molecule has 3 aromatic rings. The van der Waals surface area contributed by atoms with Gasteiger partial charge < -0.3 is 25.2 Å². The predicted molar refractivity (Wildman–Crippen MR) is 136 cm³/mol. The number of aromatic amines is 1. The number of ether oxygens (including phenoxy) is 2. The van der Waals surface area contributed by atoms with Crippen LogP contribution in [-0.4, -0.2) is 60.1 Å². The summed E-state index contributed by atoms with van der Waals surface area (Å²) in [5.74, 6) is -1.69. The second-order valence-corrected chi connectivity index (χ2v) is 9.18. The molecular formula is C25H29F2N5O2S. The Kier molecular flexibility index (Phi) is 7.92. The van der Waals surface area contributed by atoms with Crippen molar-refractivity contribution in [1.29, 1.82) is 5.41 Å². The van der Waals surface area contributed by atoms with E-state index in [9.17, 15) is 8.78 Å². The number of fused-ring (bicyclic) bond motifs is 1. The largest absolute Gasteiger partial charge is 0.494 e. The molecule has 0 radical (unpaired) electrons. The van der Waals surface area contributed by atoms with Gasteiger partial charge in [-0.1, -0.05) is 11.9 Å². The SMILES string of the molecule is COc1cc(OC)c(F)c(Cc2c[nH]c3ncc(/C(C=N)=C/NC4CCN(SC)CC4)cc23)c1F. The first-order chi connectivity index (χ1) is 17.0. The molecule has 1 fully saturated rings. The molecule has 3 heterocycles. The topological polar surface area (TPSA) is 86.3 Å². The van der Waals surface area contributed by atoms with Gasteiger partial charge in [-0.25, -0.2) is 13.8 Å². The quantitative estimate of drug-likeness (QED) is 0.289. The zero-order valence-corrected chi connectivity index (χ0v) is 20.8. The predicted octanol–water partition coefficient (Wildman–Crippen LogP) is 4.77. The highest BCUT2D eigenvalue weighted by Crippen LogP contribution is 2.34. The Balaban J connectivity index is 1.61. The van der Waals surface area contributed by atoms with Crippen LogP contribution in [0.25, 0.3) is 16.6 Å². The van der Waals surface area contributed by atoms with Crippen molar-refractivity contribution in [2.75, 3.05) is 33.6 Å².